The van der Waals surface area contributed by atoms with E-state index in [1.165, 1.54) is 0 Å². The maximum atomic E-state index is 7.11. The Morgan fingerprint density at radius 2 is 1.27 bits per heavy atom. The van der Waals surface area contributed by atoms with E-state index in [1.54, 1.807) is 14.2 Å². The number of benzene rings is 3. The molecule has 6 nitrogen and oxygen atoms in total. The van der Waals surface area contributed by atoms with Gasteiger partial charge >= 0.3 is 0 Å². The molecular formula is C34H42NO5P. The van der Waals surface area contributed by atoms with E-state index in [0.29, 0.717) is 38.1 Å². The molecule has 1 unspecified atom stereocenters. The highest BCUT2D eigenvalue weighted by molar-refractivity contribution is 7.44. The lowest BCUT2D eigenvalue weighted by atomic mass is 9.79. The first-order valence-electron chi connectivity index (χ1n) is 14.3. The summed E-state index contributed by atoms with van der Waals surface area (Å²) in [6, 6.07) is 26.8. The highest BCUT2D eigenvalue weighted by Crippen LogP contribution is 2.43. The van der Waals surface area contributed by atoms with E-state index in [0.717, 1.165) is 60.3 Å². The highest BCUT2D eigenvalue weighted by atomic mass is 31.2. The summed E-state index contributed by atoms with van der Waals surface area (Å²) in [5.74, 6) is 5.16. The zero-order chi connectivity index (χ0) is 28.9. The molecule has 0 bridgehead atoms. The van der Waals surface area contributed by atoms with Crippen LogP contribution in [0.3, 0.4) is 0 Å². The van der Waals surface area contributed by atoms with Gasteiger partial charge in [0, 0.05) is 6.42 Å². The second-order valence-electron chi connectivity index (χ2n) is 10.4. The quantitative estimate of drug-likeness (QED) is 0.0878. The molecular weight excluding hydrogens is 533 g/mol. The average Bonchev–Trinajstić information content (AvgIpc) is 3.04. The van der Waals surface area contributed by atoms with Crippen LogP contribution in [0.25, 0.3) is 0 Å². The molecule has 0 spiro atoms. The van der Waals surface area contributed by atoms with Crippen molar-refractivity contribution in [3.8, 4) is 23.8 Å². The monoisotopic (exact) mass is 575 g/mol. The Morgan fingerprint density at radius 3 is 1.78 bits per heavy atom. The van der Waals surface area contributed by atoms with Gasteiger partial charge in [-0.2, -0.15) is 0 Å². The van der Waals surface area contributed by atoms with Crippen molar-refractivity contribution in [3.05, 3.63) is 95.6 Å². The summed E-state index contributed by atoms with van der Waals surface area (Å²) in [6.45, 7) is 1.82. The zero-order valence-electron chi connectivity index (χ0n) is 24.2. The number of hydrogen-bond donors (Lipinski definition) is 1. The van der Waals surface area contributed by atoms with Crippen molar-refractivity contribution in [2.24, 2.45) is 17.3 Å². The van der Waals surface area contributed by atoms with Crippen LogP contribution in [0.1, 0.15) is 55.2 Å². The fourth-order valence-corrected chi connectivity index (χ4v) is 6.17. The van der Waals surface area contributed by atoms with Gasteiger partial charge in [0.1, 0.15) is 17.1 Å². The van der Waals surface area contributed by atoms with Crippen molar-refractivity contribution in [1.29, 1.82) is 0 Å². The van der Waals surface area contributed by atoms with Gasteiger partial charge in [-0.3, -0.25) is 5.50 Å². The van der Waals surface area contributed by atoms with Crippen molar-refractivity contribution in [2.45, 2.75) is 44.1 Å². The molecule has 0 radical (unpaired) electrons. The Bertz CT molecular complexity index is 1160. The molecule has 7 heteroatoms. The lowest BCUT2D eigenvalue weighted by molar-refractivity contribution is -0.0187. The van der Waals surface area contributed by atoms with E-state index < -0.39 is 14.1 Å². The minimum Gasteiger partial charge on any atom is -0.497 e. The van der Waals surface area contributed by atoms with Gasteiger partial charge < -0.3 is 23.3 Å². The maximum absolute atomic E-state index is 7.11. The molecule has 1 fully saturated rings. The van der Waals surface area contributed by atoms with Crippen molar-refractivity contribution in [2.75, 3.05) is 34.0 Å². The van der Waals surface area contributed by atoms with Gasteiger partial charge in [0.2, 0.25) is 0 Å². The zero-order valence-corrected chi connectivity index (χ0v) is 25.1. The molecule has 41 heavy (non-hydrogen) atoms. The number of terminal acetylenes is 1. The minimum absolute atomic E-state index is 0.449. The first-order chi connectivity index (χ1) is 20.1. The lowest BCUT2D eigenvalue weighted by Crippen LogP contribution is -2.35. The fraction of sp³-hybridized carbons (Fsp3) is 0.412. The van der Waals surface area contributed by atoms with Gasteiger partial charge in [-0.05, 0) is 84.9 Å². The molecule has 3 aromatic rings. The number of nitrogens with two attached hydrogens (primary N) is 1. The summed E-state index contributed by atoms with van der Waals surface area (Å²) in [6.07, 6.45) is 11.1. The van der Waals surface area contributed by atoms with Gasteiger partial charge in [0.25, 0.3) is 8.53 Å². The summed E-state index contributed by atoms with van der Waals surface area (Å²) in [5, 5.41) is 0. The summed E-state index contributed by atoms with van der Waals surface area (Å²) in [5.41, 5.74) is 8.43. The third-order valence-electron chi connectivity index (χ3n) is 7.80. The number of methoxy groups -OCH3 is 2. The molecule has 2 N–H and O–H groups in total. The molecule has 1 aliphatic rings. The van der Waals surface area contributed by atoms with Crippen LogP contribution in [0.4, 0.5) is 0 Å². The average molecular weight is 576 g/mol. The topological polar surface area (TPSA) is 72.2 Å². The molecule has 0 aromatic heterocycles. The molecule has 0 amide bonds. The normalized spacial score (nSPS) is 17.9. The van der Waals surface area contributed by atoms with Crippen molar-refractivity contribution < 1.29 is 23.3 Å². The number of ether oxygens (including phenoxy) is 3. The molecule has 1 atom stereocenters. The Morgan fingerprint density at radius 1 is 0.756 bits per heavy atom. The van der Waals surface area contributed by atoms with E-state index >= 15 is 0 Å². The van der Waals surface area contributed by atoms with Crippen LogP contribution >= 0.6 is 8.53 Å². The third-order valence-corrected chi connectivity index (χ3v) is 8.64. The van der Waals surface area contributed by atoms with E-state index in [9.17, 15) is 0 Å². The standard InChI is InChI=1S/C34H42NO5P/c1-4-5-9-24-39-41(35)40-26-28-14-12-27(13-15-28)25-38-34(29-10-7-6-8-11-29,30-16-20-32(36-2)21-17-30)31-18-22-33(37-3)23-19-31/h1,6-8,10-11,16-23,27-28H,5,9,12-15,24-26,35H2,2-3H3. The molecule has 0 aliphatic heterocycles. The van der Waals surface area contributed by atoms with Gasteiger partial charge in [-0.25, -0.2) is 0 Å². The molecule has 1 aliphatic carbocycles. The molecule has 218 valence electrons. The van der Waals surface area contributed by atoms with E-state index in [2.05, 4.69) is 54.5 Å². The summed E-state index contributed by atoms with van der Waals surface area (Å²) in [4.78, 5) is 0. The molecule has 3 aromatic carbocycles. The second-order valence-corrected chi connectivity index (χ2v) is 11.5. The van der Waals surface area contributed by atoms with Crippen LogP contribution in [0.15, 0.2) is 78.9 Å². The Balaban J connectivity index is 1.48. The van der Waals surface area contributed by atoms with Gasteiger partial charge in [0.05, 0.1) is 34.0 Å². The lowest BCUT2D eigenvalue weighted by Gasteiger charge is -2.38. The largest absolute Gasteiger partial charge is 0.497 e. The van der Waals surface area contributed by atoms with E-state index in [-0.39, 0.29) is 0 Å². The minimum atomic E-state index is -1.35. The molecule has 1 saturated carbocycles. The number of hydrogen-bond acceptors (Lipinski definition) is 6. The van der Waals surface area contributed by atoms with Gasteiger partial charge in [0.15, 0.2) is 0 Å². The highest BCUT2D eigenvalue weighted by Gasteiger charge is 2.39. The van der Waals surface area contributed by atoms with Crippen LogP contribution in [0.2, 0.25) is 0 Å². The summed E-state index contributed by atoms with van der Waals surface area (Å²) < 4.78 is 29.5. The van der Waals surface area contributed by atoms with E-state index in [1.807, 2.05) is 30.3 Å². The van der Waals surface area contributed by atoms with Crippen LogP contribution < -0.4 is 15.0 Å². The molecule has 4 rings (SSSR count). The third kappa shape index (κ3) is 8.32. The second kappa shape index (κ2) is 15.9. The number of unbranched alkanes of at least 4 members (excludes halogenated alkanes) is 1. The van der Waals surface area contributed by atoms with Crippen molar-refractivity contribution >= 4 is 8.53 Å². The smallest absolute Gasteiger partial charge is 0.252 e. The fourth-order valence-electron chi connectivity index (χ4n) is 5.43. The van der Waals surface area contributed by atoms with Crippen molar-refractivity contribution in [3.63, 3.8) is 0 Å². The summed E-state index contributed by atoms with van der Waals surface area (Å²) in [7, 11) is 2.02. The Kier molecular flexibility index (Phi) is 12.0. The Labute approximate surface area is 246 Å². The number of rotatable bonds is 15. The van der Waals surface area contributed by atoms with Crippen molar-refractivity contribution in [1.82, 2.24) is 0 Å². The Hall–Kier alpha value is -2.91. The van der Waals surface area contributed by atoms with E-state index in [4.69, 9.17) is 35.2 Å². The molecule has 0 saturated heterocycles. The van der Waals surface area contributed by atoms with Crippen LogP contribution in [0, 0.1) is 24.2 Å². The van der Waals surface area contributed by atoms with Gasteiger partial charge in [-0.15, -0.1) is 12.3 Å². The SMILES string of the molecule is C#CCCCOP(N)OCC1CCC(COC(c2ccccc2)(c2ccc(OC)cc2)c2ccc(OC)cc2)CC1. The summed E-state index contributed by atoms with van der Waals surface area (Å²) >= 11 is 0. The predicted octanol–water partition coefficient (Wildman–Crippen LogP) is 7.45. The van der Waals surface area contributed by atoms with Crippen LogP contribution in [-0.4, -0.2) is 34.0 Å². The van der Waals surface area contributed by atoms with Gasteiger partial charge in [-0.1, -0.05) is 54.6 Å². The van der Waals surface area contributed by atoms with Crippen LogP contribution in [0.5, 0.6) is 11.5 Å². The predicted molar refractivity (Wildman–Crippen MR) is 165 cm³/mol. The first kappa shape index (κ1) is 31.0. The van der Waals surface area contributed by atoms with Crippen LogP contribution in [-0.2, 0) is 19.4 Å². The first-order valence-corrected chi connectivity index (χ1v) is 15.6. The maximum Gasteiger partial charge on any atom is 0.252 e. The molecule has 0 heterocycles.